The van der Waals surface area contributed by atoms with E-state index in [-0.39, 0.29) is 0 Å². The van der Waals surface area contributed by atoms with E-state index < -0.39 is 0 Å². The van der Waals surface area contributed by atoms with Crippen LogP contribution in [0.1, 0.15) is 0 Å². The lowest BCUT2D eigenvalue weighted by molar-refractivity contribution is 1.44. The Morgan fingerprint density at radius 2 is 1.95 bits per heavy atom. The van der Waals surface area contributed by atoms with Gasteiger partial charge in [0.15, 0.2) is 5.13 Å². The normalized spacial score (nSPS) is 10.9. The molecule has 2 nitrogen and oxygen atoms in total. The van der Waals surface area contributed by atoms with E-state index in [1.54, 1.807) is 0 Å². The van der Waals surface area contributed by atoms with Crippen LogP contribution in [0.5, 0.6) is 0 Å². The maximum absolute atomic E-state index is 6.13. The van der Waals surface area contributed by atoms with E-state index in [1.165, 1.54) is 11.3 Å². The second kappa shape index (κ2) is 5.29. The van der Waals surface area contributed by atoms with Crippen LogP contribution in [0.3, 0.4) is 0 Å². The number of thiazole rings is 1. The number of nitrogens with one attached hydrogen (secondary N) is 1. The minimum Gasteiger partial charge on any atom is -0.331 e. The molecular formula is C13H7BrCl2N2S. The minimum atomic E-state index is 0.657. The molecule has 0 spiro atoms. The number of hydrogen-bond acceptors (Lipinski definition) is 3. The van der Waals surface area contributed by atoms with E-state index in [9.17, 15) is 0 Å². The molecule has 0 aliphatic carbocycles. The number of halogens is 3. The van der Waals surface area contributed by atoms with Crippen LogP contribution in [0, 0.1) is 0 Å². The van der Waals surface area contributed by atoms with E-state index in [0.29, 0.717) is 5.02 Å². The molecule has 3 aromatic rings. The summed E-state index contributed by atoms with van der Waals surface area (Å²) in [4.78, 5) is 4.49. The number of nitrogens with zero attached hydrogens (tertiary/aromatic N) is 1. The number of anilines is 2. The summed E-state index contributed by atoms with van der Waals surface area (Å²) in [5.74, 6) is 0. The van der Waals surface area contributed by atoms with Gasteiger partial charge in [-0.2, -0.15) is 0 Å². The van der Waals surface area contributed by atoms with Crippen LogP contribution >= 0.6 is 50.5 Å². The van der Waals surface area contributed by atoms with Gasteiger partial charge in [-0.05, 0) is 46.3 Å². The minimum absolute atomic E-state index is 0.657. The van der Waals surface area contributed by atoms with Crippen LogP contribution in [0.25, 0.3) is 10.2 Å². The van der Waals surface area contributed by atoms with Gasteiger partial charge in [0, 0.05) is 10.2 Å². The molecule has 0 radical (unpaired) electrons. The first-order chi connectivity index (χ1) is 9.13. The molecule has 6 heteroatoms. The lowest BCUT2D eigenvalue weighted by Gasteiger charge is -2.03. The van der Waals surface area contributed by atoms with Crippen LogP contribution in [0.15, 0.2) is 40.9 Å². The Labute approximate surface area is 132 Å². The van der Waals surface area contributed by atoms with Crippen molar-refractivity contribution in [3.05, 3.63) is 50.9 Å². The molecule has 2 aromatic carbocycles. The highest BCUT2D eigenvalue weighted by Crippen LogP contribution is 2.34. The van der Waals surface area contributed by atoms with Gasteiger partial charge >= 0.3 is 0 Å². The largest absolute Gasteiger partial charge is 0.331 e. The van der Waals surface area contributed by atoms with Crippen molar-refractivity contribution in [3.8, 4) is 0 Å². The van der Waals surface area contributed by atoms with Crippen LogP contribution in [0.4, 0.5) is 10.8 Å². The summed E-state index contributed by atoms with van der Waals surface area (Å²) in [5.41, 5.74) is 1.78. The van der Waals surface area contributed by atoms with E-state index >= 15 is 0 Å². The highest BCUT2D eigenvalue weighted by atomic mass is 79.9. The second-order valence-corrected chi connectivity index (χ2v) is 6.53. The zero-order valence-electron chi connectivity index (χ0n) is 9.45. The fourth-order valence-corrected chi connectivity index (χ4v) is 3.27. The Morgan fingerprint density at radius 1 is 1.11 bits per heavy atom. The van der Waals surface area contributed by atoms with Crippen molar-refractivity contribution in [3.63, 3.8) is 0 Å². The second-order valence-electron chi connectivity index (χ2n) is 3.86. The fourth-order valence-electron chi connectivity index (χ4n) is 1.67. The molecule has 0 saturated heterocycles. The maximum atomic E-state index is 6.13. The summed E-state index contributed by atoms with van der Waals surface area (Å²) in [6.07, 6.45) is 0. The van der Waals surface area contributed by atoms with Crippen molar-refractivity contribution in [2.75, 3.05) is 5.32 Å². The van der Waals surface area contributed by atoms with Crippen molar-refractivity contribution < 1.29 is 0 Å². The predicted octanol–water partition coefficient (Wildman–Crippen LogP) is 6.11. The van der Waals surface area contributed by atoms with Crippen LogP contribution in [0.2, 0.25) is 10.0 Å². The summed E-state index contributed by atoms with van der Waals surface area (Å²) in [6.45, 7) is 0. The average Bonchev–Trinajstić information content (AvgIpc) is 2.78. The Hall–Kier alpha value is -0.810. The Bertz CT molecular complexity index is 757. The van der Waals surface area contributed by atoms with Gasteiger partial charge in [-0.25, -0.2) is 4.98 Å². The molecule has 0 amide bonds. The zero-order valence-corrected chi connectivity index (χ0v) is 13.4. The number of aromatic nitrogens is 1. The lowest BCUT2D eigenvalue weighted by Crippen LogP contribution is -1.88. The standard InChI is InChI=1S/C13H7BrCl2N2S/c14-8-5-4-7(6-10(8)16)17-13-18-11-3-1-2-9(15)12(11)19-13/h1-6H,(H,17,18). The van der Waals surface area contributed by atoms with E-state index in [2.05, 4.69) is 26.2 Å². The van der Waals surface area contributed by atoms with Gasteiger partial charge in [0.2, 0.25) is 0 Å². The van der Waals surface area contributed by atoms with Crippen molar-refractivity contribution in [2.24, 2.45) is 0 Å². The molecule has 0 bridgehead atoms. The Morgan fingerprint density at radius 3 is 2.68 bits per heavy atom. The zero-order chi connectivity index (χ0) is 13.4. The molecule has 1 heterocycles. The molecule has 1 N–H and O–H groups in total. The Balaban J connectivity index is 1.96. The van der Waals surface area contributed by atoms with Crippen molar-refractivity contribution in [1.29, 1.82) is 0 Å². The number of benzene rings is 2. The van der Waals surface area contributed by atoms with Gasteiger partial charge in [0.25, 0.3) is 0 Å². The molecule has 0 unspecified atom stereocenters. The molecule has 19 heavy (non-hydrogen) atoms. The first-order valence-electron chi connectivity index (χ1n) is 5.40. The van der Waals surface area contributed by atoms with Gasteiger partial charge in [-0.3, -0.25) is 0 Å². The molecular weight excluding hydrogens is 367 g/mol. The molecule has 0 aliphatic heterocycles. The van der Waals surface area contributed by atoms with Gasteiger partial charge in [-0.15, -0.1) is 0 Å². The summed E-state index contributed by atoms with van der Waals surface area (Å²) < 4.78 is 1.85. The average molecular weight is 374 g/mol. The summed E-state index contributed by atoms with van der Waals surface area (Å²) in [6, 6.07) is 11.4. The summed E-state index contributed by atoms with van der Waals surface area (Å²) >= 11 is 17.1. The number of hydrogen-bond donors (Lipinski definition) is 1. The first-order valence-corrected chi connectivity index (χ1v) is 7.77. The van der Waals surface area contributed by atoms with Gasteiger partial charge in [-0.1, -0.05) is 40.6 Å². The van der Waals surface area contributed by atoms with Crippen molar-refractivity contribution in [1.82, 2.24) is 4.98 Å². The first kappa shape index (κ1) is 13.2. The van der Waals surface area contributed by atoms with Gasteiger partial charge in [0.05, 0.1) is 20.3 Å². The lowest BCUT2D eigenvalue weighted by atomic mass is 10.3. The third-order valence-corrected chi connectivity index (χ3v) is 5.22. The van der Waals surface area contributed by atoms with Crippen molar-refractivity contribution in [2.45, 2.75) is 0 Å². The van der Waals surface area contributed by atoms with Gasteiger partial charge < -0.3 is 5.32 Å². The van der Waals surface area contributed by atoms with Crippen LogP contribution in [-0.4, -0.2) is 4.98 Å². The molecule has 1 aromatic heterocycles. The fraction of sp³-hybridized carbons (Fsp3) is 0. The number of rotatable bonds is 2. The quantitative estimate of drug-likeness (QED) is 0.586. The maximum Gasteiger partial charge on any atom is 0.188 e. The van der Waals surface area contributed by atoms with E-state index in [4.69, 9.17) is 23.2 Å². The third-order valence-electron chi connectivity index (χ3n) is 2.54. The smallest absolute Gasteiger partial charge is 0.188 e. The van der Waals surface area contributed by atoms with Crippen molar-refractivity contribution >= 4 is 71.5 Å². The molecule has 0 atom stereocenters. The topological polar surface area (TPSA) is 24.9 Å². The SMILES string of the molecule is Clc1cc(Nc2nc3cccc(Cl)c3s2)ccc1Br. The van der Waals surface area contributed by atoms with E-state index in [0.717, 1.165) is 30.5 Å². The summed E-state index contributed by atoms with van der Waals surface area (Å²) in [7, 11) is 0. The van der Waals surface area contributed by atoms with Crippen LogP contribution in [-0.2, 0) is 0 Å². The molecule has 3 rings (SSSR count). The number of fused-ring (bicyclic) bond motifs is 1. The van der Waals surface area contributed by atoms with Crippen LogP contribution < -0.4 is 5.32 Å². The molecule has 96 valence electrons. The van der Waals surface area contributed by atoms with Gasteiger partial charge in [0.1, 0.15) is 0 Å². The molecule has 0 aliphatic rings. The third kappa shape index (κ3) is 2.72. The highest BCUT2D eigenvalue weighted by molar-refractivity contribution is 9.10. The summed E-state index contributed by atoms with van der Waals surface area (Å²) in [5, 5.41) is 5.40. The van der Waals surface area contributed by atoms with E-state index in [1.807, 2.05) is 36.4 Å². The monoisotopic (exact) mass is 372 g/mol. The molecule has 0 fully saturated rings. The molecule has 0 saturated carbocycles. The Kier molecular flexibility index (Phi) is 3.67. The highest BCUT2D eigenvalue weighted by Gasteiger charge is 2.07. The predicted molar refractivity (Wildman–Crippen MR) is 87.1 cm³/mol.